The first-order valence-electron chi connectivity index (χ1n) is 6.70. The van der Waals surface area contributed by atoms with Crippen LogP contribution in [0.25, 0.3) is 5.69 Å². The predicted octanol–water partition coefficient (Wildman–Crippen LogP) is 4.49. The first-order valence-corrected chi connectivity index (χ1v) is 7.08. The van der Waals surface area contributed by atoms with Gasteiger partial charge in [-0.3, -0.25) is 0 Å². The van der Waals surface area contributed by atoms with Crippen molar-refractivity contribution in [2.75, 3.05) is 0 Å². The van der Waals surface area contributed by atoms with Gasteiger partial charge in [0.25, 0.3) is 0 Å². The molecule has 6 heteroatoms. The molecule has 21 heavy (non-hydrogen) atoms. The molecule has 0 amide bonds. The lowest BCUT2D eigenvalue weighted by molar-refractivity contribution is -0.137. The average molecular weight is 315 g/mol. The molecule has 2 N–H and O–H groups in total. The van der Waals surface area contributed by atoms with E-state index in [1.54, 1.807) is 10.8 Å². The molecule has 0 bridgehead atoms. The quantitative estimate of drug-likeness (QED) is 0.826. The summed E-state index contributed by atoms with van der Waals surface area (Å²) in [5.74, 6) is 0. The molecule has 1 aliphatic carbocycles. The average Bonchev–Trinajstić information content (AvgIpc) is 2.82. The Balaban J connectivity index is 2.11. The van der Waals surface area contributed by atoms with E-state index in [0.29, 0.717) is 5.69 Å². The molecule has 0 saturated heterocycles. The zero-order chi connectivity index (χ0) is 15.2. The summed E-state index contributed by atoms with van der Waals surface area (Å²) in [5.41, 5.74) is 7.71. The van der Waals surface area contributed by atoms with Crippen LogP contribution in [0.2, 0.25) is 5.02 Å². The van der Waals surface area contributed by atoms with Gasteiger partial charge in [-0.25, -0.2) is 0 Å². The maximum absolute atomic E-state index is 12.9. The first-order chi connectivity index (χ1) is 9.86. The van der Waals surface area contributed by atoms with Gasteiger partial charge < -0.3 is 10.3 Å². The third-order valence-electron chi connectivity index (χ3n) is 3.84. The zero-order valence-electron chi connectivity index (χ0n) is 11.1. The van der Waals surface area contributed by atoms with Crippen LogP contribution in [0.1, 0.15) is 35.7 Å². The van der Waals surface area contributed by atoms with Crippen LogP contribution in [-0.4, -0.2) is 4.57 Å². The fourth-order valence-corrected chi connectivity index (χ4v) is 3.08. The molecule has 2 aromatic rings. The predicted molar refractivity (Wildman–Crippen MR) is 75.6 cm³/mol. The first kappa shape index (κ1) is 14.5. The van der Waals surface area contributed by atoms with Gasteiger partial charge >= 0.3 is 6.18 Å². The minimum absolute atomic E-state index is 0.0451. The van der Waals surface area contributed by atoms with Crippen molar-refractivity contribution in [1.82, 2.24) is 4.57 Å². The van der Waals surface area contributed by atoms with Gasteiger partial charge in [0.2, 0.25) is 0 Å². The summed E-state index contributed by atoms with van der Waals surface area (Å²) in [6, 6.07) is 5.43. The van der Waals surface area contributed by atoms with Gasteiger partial charge in [-0.2, -0.15) is 13.2 Å². The summed E-state index contributed by atoms with van der Waals surface area (Å²) in [7, 11) is 0. The number of hydrogen-bond acceptors (Lipinski definition) is 1. The number of nitrogens with two attached hydrogens (primary N) is 1. The minimum Gasteiger partial charge on any atom is -0.324 e. The lowest BCUT2D eigenvalue weighted by Gasteiger charge is -2.21. The molecule has 1 unspecified atom stereocenters. The summed E-state index contributed by atoms with van der Waals surface area (Å²) in [6.07, 6.45) is 0.0000617. The van der Waals surface area contributed by atoms with Crippen LogP contribution in [-0.2, 0) is 12.6 Å². The van der Waals surface area contributed by atoms with Crippen molar-refractivity contribution in [3.8, 4) is 5.69 Å². The third kappa shape index (κ3) is 2.68. The van der Waals surface area contributed by atoms with Crippen LogP contribution in [0.5, 0.6) is 0 Å². The number of nitrogens with zero attached hydrogens (tertiary/aromatic N) is 1. The minimum atomic E-state index is -4.41. The zero-order valence-corrected chi connectivity index (χ0v) is 11.9. The Hall–Kier alpha value is -1.46. The fourth-order valence-electron chi connectivity index (χ4n) is 2.85. The molecule has 2 nitrogen and oxygen atoms in total. The smallest absolute Gasteiger partial charge is 0.324 e. The van der Waals surface area contributed by atoms with Gasteiger partial charge in [0.15, 0.2) is 0 Å². The van der Waals surface area contributed by atoms with E-state index in [-0.39, 0.29) is 11.1 Å². The van der Waals surface area contributed by atoms with Crippen LogP contribution < -0.4 is 5.73 Å². The van der Waals surface area contributed by atoms with E-state index in [4.69, 9.17) is 17.3 Å². The summed E-state index contributed by atoms with van der Waals surface area (Å²) in [5, 5.41) is 0.0717. The van der Waals surface area contributed by atoms with Crippen molar-refractivity contribution in [1.29, 1.82) is 0 Å². The van der Waals surface area contributed by atoms with E-state index in [2.05, 4.69) is 0 Å². The third-order valence-corrected chi connectivity index (χ3v) is 4.06. The molecule has 1 atom stereocenters. The summed E-state index contributed by atoms with van der Waals surface area (Å²) in [4.78, 5) is 0. The maximum atomic E-state index is 12.9. The maximum Gasteiger partial charge on any atom is 0.416 e. The molecule has 0 radical (unpaired) electrons. The molecule has 0 spiro atoms. The van der Waals surface area contributed by atoms with Crippen molar-refractivity contribution in [2.24, 2.45) is 5.73 Å². The van der Waals surface area contributed by atoms with E-state index in [1.807, 2.05) is 6.07 Å². The molecule has 112 valence electrons. The van der Waals surface area contributed by atoms with Crippen LogP contribution in [0.15, 0.2) is 30.5 Å². The highest BCUT2D eigenvalue weighted by Crippen LogP contribution is 2.35. The molecule has 0 saturated carbocycles. The molecule has 3 rings (SSSR count). The number of benzene rings is 1. The molecule has 0 aliphatic heterocycles. The van der Waals surface area contributed by atoms with Gasteiger partial charge in [-0.15, -0.1) is 0 Å². The lowest BCUT2D eigenvalue weighted by atomic mass is 9.93. The van der Waals surface area contributed by atoms with E-state index in [9.17, 15) is 13.2 Å². The largest absolute Gasteiger partial charge is 0.416 e. The van der Waals surface area contributed by atoms with Gasteiger partial charge in [-0.1, -0.05) is 11.6 Å². The highest BCUT2D eigenvalue weighted by Gasteiger charge is 2.31. The normalized spacial score (nSPS) is 18.6. The Morgan fingerprint density at radius 2 is 2.00 bits per heavy atom. The van der Waals surface area contributed by atoms with Crippen molar-refractivity contribution < 1.29 is 13.2 Å². The summed E-state index contributed by atoms with van der Waals surface area (Å²) in [6.45, 7) is 0. The second kappa shape index (κ2) is 5.07. The molecule has 1 heterocycles. The monoisotopic (exact) mass is 314 g/mol. The Morgan fingerprint density at radius 3 is 2.71 bits per heavy atom. The highest BCUT2D eigenvalue weighted by atomic mass is 35.5. The van der Waals surface area contributed by atoms with Gasteiger partial charge in [0.1, 0.15) is 0 Å². The van der Waals surface area contributed by atoms with Crippen molar-refractivity contribution in [3.05, 3.63) is 52.3 Å². The number of alkyl halides is 3. The van der Waals surface area contributed by atoms with E-state index >= 15 is 0 Å². The molecule has 0 fully saturated rings. The van der Waals surface area contributed by atoms with E-state index < -0.39 is 11.7 Å². The highest BCUT2D eigenvalue weighted by molar-refractivity contribution is 6.30. The number of halogens is 4. The second-order valence-electron chi connectivity index (χ2n) is 5.28. The van der Waals surface area contributed by atoms with Crippen molar-refractivity contribution in [2.45, 2.75) is 31.5 Å². The fraction of sp³-hybridized carbons (Fsp3) is 0.333. The van der Waals surface area contributed by atoms with Crippen LogP contribution in [0.4, 0.5) is 13.2 Å². The van der Waals surface area contributed by atoms with Crippen LogP contribution in [0.3, 0.4) is 0 Å². The Kier molecular flexibility index (Phi) is 3.50. The topological polar surface area (TPSA) is 30.9 Å². The number of hydrogen-bond donors (Lipinski definition) is 1. The lowest BCUT2D eigenvalue weighted by Crippen LogP contribution is -2.18. The molecule has 1 aromatic carbocycles. The number of rotatable bonds is 1. The number of aromatic nitrogens is 1. The molecule has 1 aliphatic rings. The van der Waals surface area contributed by atoms with Crippen LogP contribution in [0, 0.1) is 0 Å². The Morgan fingerprint density at radius 1 is 1.24 bits per heavy atom. The van der Waals surface area contributed by atoms with Crippen molar-refractivity contribution in [3.63, 3.8) is 0 Å². The molecular formula is C15H14ClF3N2. The molecule has 1 aromatic heterocycles. The molecular weight excluding hydrogens is 301 g/mol. The summed E-state index contributed by atoms with van der Waals surface area (Å²) < 4.78 is 40.5. The SMILES string of the molecule is NC1CCCc2c1ccn2-c1cc(Cl)cc(C(F)(F)F)c1. The van der Waals surface area contributed by atoms with Crippen molar-refractivity contribution >= 4 is 11.6 Å². The Bertz CT molecular complexity index is 676. The second-order valence-corrected chi connectivity index (χ2v) is 5.72. The number of fused-ring (bicyclic) bond motifs is 1. The van der Waals surface area contributed by atoms with Gasteiger partial charge in [0.05, 0.1) is 5.56 Å². The summed E-state index contributed by atoms with van der Waals surface area (Å²) >= 11 is 5.85. The Labute approximate surface area is 125 Å². The van der Waals surface area contributed by atoms with Gasteiger partial charge in [-0.05, 0) is 49.1 Å². The van der Waals surface area contributed by atoms with Crippen LogP contribution >= 0.6 is 11.6 Å². The van der Waals surface area contributed by atoms with E-state index in [0.717, 1.165) is 42.7 Å². The van der Waals surface area contributed by atoms with E-state index in [1.165, 1.54) is 6.07 Å². The standard InChI is InChI=1S/C15H14ClF3N2/c16-10-6-9(15(17,18)19)7-11(8-10)21-5-4-12-13(20)2-1-3-14(12)21/h4-8,13H,1-3,20H2. The van der Waals surface area contributed by atoms with Gasteiger partial charge in [0, 0.05) is 28.6 Å².